The van der Waals surface area contributed by atoms with Gasteiger partial charge in [-0.1, -0.05) is 38.1 Å². The maximum atomic E-state index is 11.4. The molecule has 0 heterocycles. The fourth-order valence-corrected chi connectivity index (χ4v) is 1.52. The van der Waals surface area contributed by atoms with Crippen molar-refractivity contribution in [1.82, 2.24) is 5.32 Å². The first-order valence-corrected chi connectivity index (χ1v) is 6.26. The summed E-state index contributed by atoms with van der Waals surface area (Å²) in [5.74, 6) is -0.722. The van der Waals surface area contributed by atoms with Gasteiger partial charge in [-0.2, -0.15) is 0 Å². The van der Waals surface area contributed by atoms with Gasteiger partial charge in [0, 0.05) is 12.6 Å². The number of carboxylic acid groups (broad SMARTS) is 1. The molecule has 0 saturated carbocycles. The minimum atomic E-state index is -0.923. The lowest BCUT2D eigenvalue weighted by Crippen LogP contribution is -2.23. The van der Waals surface area contributed by atoms with Gasteiger partial charge in [0.05, 0.1) is 6.42 Å². The zero-order valence-electron chi connectivity index (χ0n) is 11.2. The van der Waals surface area contributed by atoms with Crippen LogP contribution in [0.15, 0.2) is 30.3 Å². The molecule has 0 radical (unpaired) electrons. The van der Waals surface area contributed by atoms with Gasteiger partial charge in [-0.05, 0) is 23.1 Å². The van der Waals surface area contributed by atoms with E-state index in [1.165, 1.54) is 11.6 Å². The Morgan fingerprint density at radius 1 is 1.26 bits per heavy atom. The second kappa shape index (κ2) is 7.36. The summed E-state index contributed by atoms with van der Waals surface area (Å²) < 4.78 is 0. The molecule has 1 rings (SSSR count). The maximum absolute atomic E-state index is 11.4. The molecule has 19 heavy (non-hydrogen) atoms. The van der Waals surface area contributed by atoms with E-state index in [9.17, 15) is 9.59 Å². The Morgan fingerprint density at radius 3 is 2.42 bits per heavy atom. The summed E-state index contributed by atoms with van der Waals surface area (Å²) in [6.07, 6.45) is 3.05. The standard InChI is InChI=1S/C15H19NO3/c1-11(2)13-6-3-12(4-7-13)5-8-14(17)16-10-9-15(18)19/h3-8,11H,9-10H2,1-2H3,(H,16,17)(H,18,19)/b8-5+. The maximum Gasteiger partial charge on any atom is 0.305 e. The topological polar surface area (TPSA) is 66.4 Å². The fourth-order valence-electron chi connectivity index (χ4n) is 1.52. The van der Waals surface area contributed by atoms with Gasteiger partial charge in [-0.25, -0.2) is 0 Å². The summed E-state index contributed by atoms with van der Waals surface area (Å²) in [7, 11) is 0. The number of carbonyl (C=O) groups excluding carboxylic acids is 1. The number of benzene rings is 1. The molecule has 0 unspecified atom stereocenters. The van der Waals surface area contributed by atoms with Crippen molar-refractivity contribution in [3.63, 3.8) is 0 Å². The zero-order chi connectivity index (χ0) is 14.3. The lowest BCUT2D eigenvalue weighted by molar-refractivity contribution is -0.136. The third-order valence-corrected chi connectivity index (χ3v) is 2.67. The molecule has 102 valence electrons. The van der Waals surface area contributed by atoms with Crippen LogP contribution in [0.3, 0.4) is 0 Å². The van der Waals surface area contributed by atoms with Gasteiger partial charge in [0.2, 0.25) is 5.91 Å². The molecule has 1 aromatic rings. The second-order valence-corrected chi connectivity index (χ2v) is 4.59. The third kappa shape index (κ3) is 5.86. The van der Waals surface area contributed by atoms with Crippen molar-refractivity contribution in [1.29, 1.82) is 0 Å². The van der Waals surface area contributed by atoms with E-state index >= 15 is 0 Å². The highest BCUT2D eigenvalue weighted by atomic mass is 16.4. The summed E-state index contributed by atoms with van der Waals surface area (Å²) in [4.78, 5) is 21.7. The van der Waals surface area contributed by atoms with Crippen LogP contribution in [-0.4, -0.2) is 23.5 Å². The van der Waals surface area contributed by atoms with Crippen LogP contribution in [0, 0.1) is 0 Å². The highest BCUT2D eigenvalue weighted by Crippen LogP contribution is 2.15. The van der Waals surface area contributed by atoms with E-state index in [0.717, 1.165) is 5.56 Å². The van der Waals surface area contributed by atoms with Crippen molar-refractivity contribution in [3.8, 4) is 0 Å². The first-order valence-electron chi connectivity index (χ1n) is 6.26. The molecule has 0 aliphatic heterocycles. The summed E-state index contributed by atoms with van der Waals surface area (Å²) in [6, 6.07) is 7.98. The van der Waals surface area contributed by atoms with E-state index in [1.54, 1.807) is 6.08 Å². The van der Waals surface area contributed by atoms with E-state index < -0.39 is 5.97 Å². The van der Waals surface area contributed by atoms with Crippen LogP contribution in [0.4, 0.5) is 0 Å². The normalized spacial score (nSPS) is 10.9. The summed E-state index contributed by atoms with van der Waals surface area (Å²) in [6.45, 7) is 4.40. The molecule has 4 heteroatoms. The largest absolute Gasteiger partial charge is 0.481 e. The van der Waals surface area contributed by atoms with Gasteiger partial charge in [0.25, 0.3) is 0 Å². The van der Waals surface area contributed by atoms with Gasteiger partial charge in [0.15, 0.2) is 0 Å². The average molecular weight is 261 g/mol. The number of carbonyl (C=O) groups is 2. The minimum Gasteiger partial charge on any atom is -0.481 e. The molecule has 0 aromatic heterocycles. The van der Waals surface area contributed by atoms with E-state index in [4.69, 9.17) is 5.11 Å². The number of rotatable bonds is 6. The third-order valence-electron chi connectivity index (χ3n) is 2.67. The molecule has 0 atom stereocenters. The summed E-state index contributed by atoms with van der Waals surface area (Å²) >= 11 is 0. The predicted octanol–water partition coefficient (Wildman–Crippen LogP) is 2.41. The van der Waals surface area contributed by atoms with Crippen LogP contribution in [0.2, 0.25) is 0 Å². The predicted molar refractivity (Wildman–Crippen MR) is 74.8 cm³/mol. The van der Waals surface area contributed by atoms with Crippen LogP contribution < -0.4 is 5.32 Å². The lowest BCUT2D eigenvalue weighted by Gasteiger charge is -2.04. The van der Waals surface area contributed by atoms with Gasteiger partial charge in [-0.3, -0.25) is 9.59 Å². The van der Waals surface area contributed by atoms with Crippen LogP contribution >= 0.6 is 0 Å². The molecule has 0 aliphatic carbocycles. The van der Waals surface area contributed by atoms with Gasteiger partial charge in [0.1, 0.15) is 0 Å². The smallest absolute Gasteiger partial charge is 0.305 e. The van der Waals surface area contributed by atoms with Crippen molar-refractivity contribution in [2.75, 3.05) is 6.54 Å². The lowest BCUT2D eigenvalue weighted by atomic mass is 10.0. The van der Waals surface area contributed by atoms with Gasteiger partial charge < -0.3 is 10.4 Å². The Balaban J connectivity index is 2.47. The van der Waals surface area contributed by atoms with Gasteiger partial charge in [-0.15, -0.1) is 0 Å². The number of aliphatic carboxylic acids is 1. The molecule has 1 amide bonds. The molecule has 0 bridgehead atoms. The Morgan fingerprint density at radius 2 is 1.89 bits per heavy atom. The molecule has 2 N–H and O–H groups in total. The highest BCUT2D eigenvalue weighted by Gasteiger charge is 2.00. The summed E-state index contributed by atoms with van der Waals surface area (Å²) in [5, 5.41) is 10.9. The average Bonchev–Trinajstić information content (AvgIpc) is 2.36. The molecule has 0 spiro atoms. The Bertz CT molecular complexity index is 461. The van der Waals surface area contributed by atoms with Crippen molar-refractivity contribution in [2.45, 2.75) is 26.2 Å². The van der Waals surface area contributed by atoms with Crippen LogP contribution in [0.1, 0.15) is 37.3 Å². The number of hydrogen-bond donors (Lipinski definition) is 2. The Kier molecular flexibility index (Phi) is 5.79. The Hall–Kier alpha value is -2.10. The van der Waals surface area contributed by atoms with E-state index in [2.05, 4.69) is 19.2 Å². The Labute approximate surface area is 113 Å². The molecule has 0 aliphatic rings. The second-order valence-electron chi connectivity index (χ2n) is 4.59. The van der Waals surface area contributed by atoms with Crippen molar-refractivity contribution in [2.24, 2.45) is 0 Å². The van der Waals surface area contributed by atoms with Crippen LogP contribution in [0.25, 0.3) is 6.08 Å². The SMILES string of the molecule is CC(C)c1ccc(/C=C/C(=O)NCCC(=O)O)cc1. The molecule has 4 nitrogen and oxygen atoms in total. The van der Waals surface area contributed by atoms with Crippen molar-refractivity contribution >= 4 is 18.0 Å². The first-order chi connectivity index (χ1) is 8.99. The monoisotopic (exact) mass is 261 g/mol. The number of amides is 1. The van der Waals surface area contributed by atoms with Crippen LogP contribution in [-0.2, 0) is 9.59 Å². The molecule has 1 aromatic carbocycles. The number of carboxylic acids is 1. The minimum absolute atomic E-state index is 0.0668. The van der Waals surface area contributed by atoms with E-state index in [0.29, 0.717) is 5.92 Å². The van der Waals surface area contributed by atoms with Crippen LogP contribution in [0.5, 0.6) is 0 Å². The number of hydrogen-bond acceptors (Lipinski definition) is 2. The zero-order valence-corrected chi connectivity index (χ0v) is 11.2. The van der Waals surface area contributed by atoms with E-state index in [-0.39, 0.29) is 18.9 Å². The highest BCUT2D eigenvalue weighted by molar-refractivity contribution is 5.91. The fraction of sp³-hybridized carbons (Fsp3) is 0.333. The molecular formula is C15H19NO3. The molecule has 0 fully saturated rings. The summed E-state index contributed by atoms with van der Waals surface area (Å²) in [5.41, 5.74) is 2.20. The quantitative estimate of drug-likeness (QED) is 0.773. The first kappa shape index (κ1) is 15.0. The molecule has 0 saturated heterocycles. The molecular weight excluding hydrogens is 242 g/mol. The van der Waals surface area contributed by atoms with E-state index in [1.807, 2.05) is 24.3 Å². The van der Waals surface area contributed by atoms with Gasteiger partial charge >= 0.3 is 5.97 Å². The van der Waals surface area contributed by atoms with Crippen molar-refractivity contribution in [3.05, 3.63) is 41.5 Å². The number of nitrogens with one attached hydrogen (secondary N) is 1. The van der Waals surface area contributed by atoms with Crippen molar-refractivity contribution < 1.29 is 14.7 Å².